The van der Waals surface area contributed by atoms with E-state index in [2.05, 4.69) is 47.0 Å². The average molecular weight is 253 g/mol. The summed E-state index contributed by atoms with van der Waals surface area (Å²) in [6.45, 7) is 13.2. The first-order chi connectivity index (χ1) is 8.29. The van der Waals surface area contributed by atoms with Gasteiger partial charge in [-0.15, -0.1) is 0 Å². The SMILES string of the molecule is CNCC1(CCC(C)C)CCC(C(C)(C)C)CC1. The molecule has 1 aliphatic carbocycles. The minimum atomic E-state index is 0.504. The summed E-state index contributed by atoms with van der Waals surface area (Å²) in [6.07, 6.45) is 8.54. The van der Waals surface area contributed by atoms with E-state index in [1.807, 2.05) is 0 Å². The van der Waals surface area contributed by atoms with Crippen LogP contribution in [-0.4, -0.2) is 13.6 Å². The van der Waals surface area contributed by atoms with Crippen LogP contribution in [0.4, 0.5) is 0 Å². The molecule has 0 aromatic rings. The molecule has 1 fully saturated rings. The molecule has 0 spiro atoms. The average Bonchev–Trinajstić information content (AvgIpc) is 2.26. The van der Waals surface area contributed by atoms with Gasteiger partial charge in [0.1, 0.15) is 0 Å². The molecule has 0 amide bonds. The summed E-state index contributed by atoms with van der Waals surface area (Å²) in [5, 5.41) is 3.46. The van der Waals surface area contributed by atoms with Gasteiger partial charge in [0, 0.05) is 6.54 Å². The minimum Gasteiger partial charge on any atom is -0.319 e. The quantitative estimate of drug-likeness (QED) is 0.737. The third-order valence-electron chi connectivity index (χ3n) is 5.07. The molecule has 108 valence electrons. The maximum atomic E-state index is 3.46. The fraction of sp³-hybridized carbons (Fsp3) is 1.00. The van der Waals surface area contributed by atoms with Crippen molar-refractivity contribution >= 4 is 0 Å². The van der Waals surface area contributed by atoms with Crippen molar-refractivity contribution in [2.45, 2.75) is 73.1 Å². The normalized spacial score (nSPS) is 29.8. The molecule has 18 heavy (non-hydrogen) atoms. The molecule has 1 N–H and O–H groups in total. The van der Waals surface area contributed by atoms with E-state index < -0.39 is 0 Å². The Kier molecular flexibility index (Phi) is 5.70. The topological polar surface area (TPSA) is 12.0 Å². The number of hydrogen-bond acceptors (Lipinski definition) is 1. The molecule has 0 unspecified atom stereocenters. The molecule has 0 heterocycles. The van der Waals surface area contributed by atoms with E-state index in [0.29, 0.717) is 10.8 Å². The monoisotopic (exact) mass is 253 g/mol. The Morgan fingerprint density at radius 2 is 1.72 bits per heavy atom. The second-order valence-corrected chi connectivity index (χ2v) is 8.10. The van der Waals surface area contributed by atoms with E-state index in [1.54, 1.807) is 0 Å². The van der Waals surface area contributed by atoms with E-state index in [-0.39, 0.29) is 0 Å². The molecule has 1 nitrogen and oxygen atoms in total. The van der Waals surface area contributed by atoms with Gasteiger partial charge in [-0.05, 0) is 61.8 Å². The van der Waals surface area contributed by atoms with Crippen molar-refractivity contribution in [1.29, 1.82) is 0 Å². The van der Waals surface area contributed by atoms with Crippen molar-refractivity contribution < 1.29 is 0 Å². The van der Waals surface area contributed by atoms with Gasteiger partial charge in [-0.2, -0.15) is 0 Å². The zero-order chi connectivity index (χ0) is 13.8. The van der Waals surface area contributed by atoms with E-state index in [1.165, 1.54) is 45.1 Å². The lowest BCUT2D eigenvalue weighted by atomic mass is 9.62. The Hall–Kier alpha value is -0.0400. The summed E-state index contributed by atoms with van der Waals surface area (Å²) in [5.74, 6) is 1.78. The maximum Gasteiger partial charge on any atom is 0.000481 e. The number of hydrogen-bond donors (Lipinski definition) is 1. The van der Waals surface area contributed by atoms with Crippen molar-refractivity contribution in [2.75, 3.05) is 13.6 Å². The fourth-order valence-corrected chi connectivity index (χ4v) is 3.58. The molecule has 1 heteroatoms. The van der Waals surface area contributed by atoms with Crippen LogP contribution in [0.15, 0.2) is 0 Å². The molecule has 1 aliphatic rings. The molecule has 0 aliphatic heterocycles. The largest absolute Gasteiger partial charge is 0.319 e. The predicted octanol–water partition coefficient (Wildman–Crippen LogP) is 4.86. The first kappa shape index (κ1) is 16.0. The second kappa shape index (κ2) is 6.41. The summed E-state index contributed by atoms with van der Waals surface area (Å²) in [6, 6.07) is 0. The highest BCUT2D eigenvalue weighted by atomic mass is 14.8. The van der Waals surface area contributed by atoms with Crippen LogP contribution in [0.2, 0.25) is 0 Å². The molecule has 0 aromatic carbocycles. The predicted molar refractivity (Wildman–Crippen MR) is 81.8 cm³/mol. The summed E-state index contributed by atoms with van der Waals surface area (Å²) in [7, 11) is 2.12. The Balaban J connectivity index is 2.56. The number of rotatable bonds is 5. The first-order valence-corrected chi connectivity index (χ1v) is 7.94. The van der Waals surface area contributed by atoms with Crippen molar-refractivity contribution in [3.63, 3.8) is 0 Å². The molecular weight excluding hydrogens is 218 g/mol. The van der Waals surface area contributed by atoms with Crippen LogP contribution in [0.3, 0.4) is 0 Å². The minimum absolute atomic E-state index is 0.504. The van der Waals surface area contributed by atoms with Crippen LogP contribution in [0.25, 0.3) is 0 Å². The summed E-state index contributed by atoms with van der Waals surface area (Å²) in [5.41, 5.74) is 1.10. The fourth-order valence-electron chi connectivity index (χ4n) is 3.58. The van der Waals surface area contributed by atoms with E-state index >= 15 is 0 Å². The summed E-state index contributed by atoms with van der Waals surface area (Å²) in [4.78, 5) is 0. The van der Waals surface area contributed by atoms with Crippen LogP contribution in [0.5, 0.6) is 0 Å². The van der Waals surface area contributed by atoms with Gasteiger partial charge in [0.15, 0.2) is 0 Å². The smallest absolute Gasteiger partial charge is 0.000481 e. The van der Waals surface area contributed by atoms with Crippen molar-refractivity contribution in [2.24, 2.45) is 22.7 Å². The third-order valence-corrected chi connectivity index (χ3v) is 5.07. The molecule has 0 saturated heterocycles. The lowest BCUT2D eigenvalue weighted by Gasteiger charge is -2.44. The Bertz CT molecular complexity index is 228. The maximum absolute atomic E-state index is 3.46. The number of nitrogens with one attached hydrogen (secondary N) is 1. The highest BCUT2D eigenvalue weighted by Crippen LogP contribution is 2.47. The van der Waals surface area contributed by atoms with E-state index in [0.717, 1.165) is 11.8 Å². The van der Waals surface area contributed by atoms with E-state index in [4.69, 9.17) is 0 Å². The van der Waals surface area contributed by atoms with Crippen molar-refractivity contribution in [1.82, 2.24) is 5.32 Å². The van der Waals surface area contributed by atoms with Crippen LogP contribution >= 0.6 is 0 Å². The van der Waals surface area contributed by atoms with Gasteiger partial charge in [0.05, 0.1) is 0 Å². The Morgan fingerprint density at radius 1 is 1.17 bits per heavy atom. The zero-order valence-corrected chi connectivity index (χ0v) is 13.6. The lowest BCUT2D eigenvalue weighted by molar-refractivity contribution is 0.0769. The Morgan fingerprint density at radius 3 is 2.11 bits per heavy atom. The molecular formula is C17H35N. The van der Waals surface area contributed by atoms with Crippen LogP contribution in [0, 0.1) is 22.7 Å². The van der Waals surface area contributed by atoms with Gasteiger partial charge in [0.25, 0.3) is 0 Å². The molecule has 1 rings (SSSR count). The van der Waals surface area contributed by atoms with Crippen LogP contribution in [0.1, 0.15) is 73.1 Å². The second-order valence-electron chi connectivity index (χ2n) is 8.10. The highest BCUT2D eigenvalue weighted by Gasteiger charge is 2.37. The van der Waals surface area contributed by atoms with Crippen molar-refractivity contribution in [3.05, 3.63) is 0 Å². The first-order valence-electron chi connectivity index (χ1n) is 7.94. The van der Waals surface area contributed by atoms with Crippen LogP contribution in [-0.2, 0) is 0 Å². The van der Waals surface area contributed by atoms with Gasteiger partial charge < -0.3 is 5.32 Å². The van der Waals surface area contributed by atoms with Crippen LogP contribution < -0.4 is 5.32 Å². The summed E-state index contributed by atoms with van der Waals surface area (Å²) >= 11 is 0. The lowest BCUT2D eigenvalue weighted by Crippen LogP contribution is -2.39. The summed E-state index contributed by atoms with van der Waals surface area (Å²) < 4.78 is 0. The van der Waals surface area contributed by atoms with Gasteiger partial charge in [-0.1, -0.05) is 41.0 Å². The van der Waals surface area contributed by atoms with Gasteiger partial charge in [0.2, 0.25) is 0 Å². The molecule has 1 saturated carbocycles. The van der Waals surface area contributed by atoms with Gasteiger partial charge in [-0.25, -0.2) is 0 Å². The molecule has 0 bridgehead atoms. The highest BCUT2D eigenvalue weighted by molar-refractivity contribution is 4.90. The third kappa shape index (κ3) is 4.57. The van der Waals surface area contributed by atoms with E-state index in [9.17, 15) is 0 Å². The van der Waals surface area contributed by atoms with Crippen molar-refractivity contribution in [3.8, 4) is 0 Å². The molecule has 0 aromatic heterocycles. The van der Waals surface area contributed by atoms with Gasteiger partial charge in [-0.3, -0.25) is 0 Å². The standard InChI is InChI=1S/C17H35N/c1-14(2)7-10-17(13-18-6)11-8-15(9-12-17)16(3,4)5/h14-15,18H,7-13H2,1-6H3. The van der Waals surface area contributed by atoms with Gasteiger partial charge >= 0.3 is 0 Å². The molecule has 0 atom stereocenters. The Labute approximate surface area is 115 Å². The zero-order valence-electron chi connectivity index (χ0n) is 13.6. The molecule has 0 radical (unpaired) electrons.